The predicted molar refractivity (Wildman–Crippen MR) is 131 cm³/mol. The molecule has 1 aliphatic carbocycles. The fraction of sp³-hybridized carbons (Fsp3) is 0.308. The first-order valence-electron chi connectivity index (χ1n) is 11.2. The van der Waals surface area contributed by atoms with Crippen molar-refractivity contribution in [3.05, 3.63) is 75.9 Å². The SMILES string of the molecule is CCCN(C)CCNc1ccc(-n2ccc(-c3cc4c(o3)CCC=C4)cc2=O)cc1C=N. The summed E-state index contributed by atoms with van der Waals surface area (Å²) in [6.45, 7) is 4.96. The minimum Gasteiger partial charge on any atom is -0.460 e. The first-order chi connectivity index (χ1) is 15.6. The van der Waals surface area contributed by atoms with Crippen LogP contribution in [0.15, 0.2) is 57.9 Å². The van der Waals surface area contributed by atoms with Gasteiger partial charge in [0.2, 0.25) is 0 Å². The van der Waals surface area contributed by atoms with Crippen LogP contribution in [0.1, 0.15) is 36.7 Å². The Morgan fingerprint density at radius 3 is 2.84 bits per heavy atom. The molecule has 1 aromatic carbocycles. The molecule has 32 heavy (non-hydrogen) atoms. The molecule has 4 rings (SSSR count). The molecule has 0 bridgehead atoms. The van der Waals surface area contributed by atoms with Crippen LogP contribution >= 0.6 is 0 Å². The molecular formula is C26H30N4O2. The van der Waals surface area contributed by atoms with Gasteiger partial charge in [-0.25, -0.2) is 0 Å². The lowest BCUT2D eigenvalue weighted by Gasteiger charge is -2.17. The van der Waals surface area contributed by atoms with Gasteiger partial charge in [-0.1, -0.05) is 19.1 Å². The summed E-state index contributed by atoms with van der Waals surface area (Å²) >= 11 is 0. The highest BCUT2D eigenvalue weighted by Gasteiger charge is 2.14. The van der Waals surface area contributed by atoms with Gasteiger partial charge in [0.1, 0.15) is 11.5 Å². The van der Waals surface area contributed by atoms with E-state index in [9.17, 15) is 4.79 Å². The lowest BCUT2D eigenvalue weighted by Crippen LogP contribution is -2.26. The highest BCUT2D eigenvalue weighted by atomic mass is 16.3. The molecule has 0 aliphatic heterocycles. The summed E-state index contributed by atoms with van der Waals surface area (Å²) in [7, 11) is 2.11. The number of allylic oxidation sites excluding steroid dienone is 1. The molecule has 0 saturated carbocycles. The van der Waals surface area contributed by atoms with Crippen LogP contribution in [-0.2, 0) is 6.42 Å². The van der Waals surface area contributed by atoms with E-state index in [4.69, 9.17) is 9.83 Å². The molecule has 0 unspecified atom stereocenters. The van der Waals surface area contributed by atoms with Gasteiger partial charge in [-0.2, -0.15) is 0 Å². The summed E-state index contributed by atoms with van der Waals surface area (Å²) in [6, 6.07) is 11.2. The monoisotopic (exact) mass is 430 g/mol. The van der Waals surface area contributed by atoms with Crippen molar-refractivity contribution < 1.29 is 4.42 Å². The molecule has 2 heterocycles. The molecule has 0 saturated heterocycles. The van der Waals surface area contributed by atoms with Crippen LogP contribution in [0.25, 0.3) is 23.1 Å². The Kier molecular flexibility index (Phi) is 6.71. The number of rotatable bonds is 9. The number of nitrogens with one attached hydrogen (secondary N) is 2. The summed E-state index contributed by atoms with van der Waals surface area (Å²) < 4.78 is 7.57. The van der Waals surface area contributed by atoms with E-state index < -0.39 is 0 Å². The number of aryl methyl sites for hydroxylation is 1. The number of hydrogen-bond acceptors (Lipinski definition) is 5. The number of likely N-dealkylation sites (N-methyl/N-ethyl adjacent to an activating group) is 1. The zero-order valence-corrected chi connectivity index (χ0v) is 18.7. The van der Waals surface area contributed by atoms with Gasteiger partial charge in [-0.05, 0) is 56.8 Å². The van der Waals surface area contributed by atoms with Gasteiger partial charge in [0.25, 0.3) is 5.56 Å². The minimum atomic E-state index is -0.134. The topological polar surface area (TPSA) is 74.3 Å². The van der Waals surface area contributed by atoms with E-state index in [1.54, 1.807) is 16.8 Å². The third-order valence-electron chi connectivity index (χ3n) is 5.76. The molecule has 3 aromatic rings. The Balaban J connectivity index is 1.53. The van der Waals surface area contributed by atoms with Gasteiger partial charge >= 0.3 is 0 Å². The second-order valence-electron chi connectivity index (χ2n) is 8.20. The van der Waals surface area contributed by atoms with Crippen LogP contribution < -0.4 is 10.9 Å². The van der Waals surface area contributed by atoms with Gasteiger partial charge in [0.05, 0.1) is 0 Å². The van der Waals surface area contributed by atoms with Gasteiger partial charge < -0.3 is 20.0 Å². The Morgan fingerprint density at radius 2 is 2.09 bits per heavy atom. The molecule has 0 amide bonds. The molecule has 0 fully saturated rings. The van der Waals surface area contributed by atoms with Crippen molar-refractivity contribution in [2.75, 3.05) is 32.0 Å². The van der Waals surface area contributed by atoms with Crippen LogP contribution in [0, 0.1) is 5.41 Å². The van der Waals surface area contributed by atoms with Crippen LogP contribution in [0.2, 0.25) is 0 Å². The second-order valence-corrected chi connectivity index (χ2v) is 8.20. The van der Waals surface area contributed by atoms with Gasteiger partial charge in [-0.3, -0.25) is 9.36 Å². The highest BCUT2D eigenvalue weighted by Crippen LogP contribution is 2.29. The number of hydrogen-bond donors (Lipinski definition) is 2. The van der Waals surface area contributed by atoms with Crippen molar-refractivity contribution in [1.29, 1.82) is 5.41 Å². The van der Waals surface area contributed by atoms with Crippen molar-refractivity contribution in [2.45, 2.75) is 26.2 Å². The first-order valence-corrected chi connectivity index (χ1v) is 11.2. The molecule has 6 heteroatoms. The standard InChI is InChI=1S/C26H30N4O2/c1-3-12-29(2)14-11-28-23-9-8-22(15-21(23)18-27)30-13-10-20(17-26(30)31)25-16-19-6-4-5-7-24(19)32-25/h4,6,8-10,13,15-18,27-28H,3,5,7,11-12,14H2,1-2H3. The summed E-state index contributed by atoms with van der Waals surface area (Å²) in [5.74, 6) is 1.70. The van der Waals surface area contributed by atoms with Crippen LogP contribution in [0.3, 0.4) is 0 Å². The van der Waals surface area contributed by atoms with E-state index in [1.807, 2.05) is 30.3 Å². The Hall–Kier alpha value is -3.38. The first kappa shape index (κ1) is 21.8. The molecule has 2 aromatic heterocycles. The highest BCUT2D eigenvalue weighted by molar-refractivity contribution is 5.86. The maximum Gasteiger partial charge on any atom is 0.255 e. The molecule has 0 radical (unpaired) electrons. The summed E-state index contributed by atoms with van der Waals surface area (Å²) in [4.78, 5) is 15.2. The predicted octanol–water partition coefficient (Wildman–Crippen LogP) is 4.81. The number of anilines is 1. The summed E-state index contributed by atoms with van der Waals surface area (Å²) in [5.41, 5.74) is 4.11. The quantitative estimate of drug-likeness (QED) is 0.478. The Morgan fingerprint density at radius 1 is 1.22 bits per heavy atom. The number of aromatic nitrogens is 1. The molecule has 0 spiro atoms. The molecular weight excluding hydrogens is 400 g/mol. The number of furan rings is 1. The zero-order valence-electron chi connectivity index (χ0n) is 18.7. The average Bonchev–Trinajstić information content (AvgIpc) is 3.24. The fourth-order valence-corrected chi connectivity index (χ4v) is 4.05. The number of benzene rings is 1. The van der Waals surface area contributed by atoms with Gasteiger partial charge in [0, 0.05) is 66.1 Å². The number of fused-ring (bicyclic) bond motifs is 1. The minimum absolute atomic E-state index is 0.134. The normalized spacial score (nSPS) is 12.7. The maximum atomic E-state index is 12.9. The summed E-state index contributed by atoms with van der Waals surface area (Å²) in [6.07, 6.45) is 10.3. The Labute approximate surface area is 188 Å². The molecule has 2 N–H and O–H groups in total. The number of nitrogens with zero attached hydrogens (tertiary/aromatic N) is 2. The summed E-state index contributed by atoms with van der Waals surface area (Å²) in [5, 5.41) is 11.2. The van der Waals surface area contributed by atoms with Crippen molar-refractivity contribution >= 4 is 18.0 Å². The van der Waals surface area contributed by atoms with E-state index >= 15 is 0 Å². The maximum absolute atomic E-state index is 12.9. The van der Waals surface area contributed by atoms with E-state index in [-0.39, 0.29) is 5.56 Å². The molecule has 0 atom stereocenters. The average molecular weight is 431 g/mol. The van der Waals surface area contributed by atoms with E-state index in [2.05, 4.69) is 36.3 Å². The van der Waals surface area contributed by atoms with Crippen LogP contribution in [-0.4, -0.2) is 42.4 Å². The molecule has 166 valence electrons. The van der Waals surface area contributed by atoms with Crippen molar-refractivity contribution in [2.24, 2.45) is 0 Å². The van der Waals surface area contributed by atoms with E-state index in [0.29, 0.717) is 0 Å². The van der Waals surface area contributed by atoms with E-state index in [0.717, 1.165) is 78.5 Å². The van der Waals surface area contributed by atoms with Crippen molar-refractivity contribution in [3.63, 3.8) is 0 Å². The largest absolute Gasteiger partial charge is 0.460 e. The lowest BCUT2D eigenvalue weighted by atomic mass is 10.1. The van der Waals surface area contributed by atoms with Crippen LogP contribution in [0.4, 0.5) is 5.69 Å². The fourth-order valence-electron chi connectivity index (χ4n) is 4.05. The Bertz CT molecular complexity index is 1190. The molecule has 6 nitrogen and oxygen atoms in total. The van der Waals surface area contributed by atoms with E-state index in [1.165, 1.54) is 6.21 Å². The van der Waals surface area contributed by atoms with Crippen molar-refractivity contribution in [1.82, 2.24) is 9.47 Å². The second kappa shape index (κ2) is 9.83. The van der Waals surface area contributed by atoms with Crippen molar-refractivity contribution in [3.8, 4) is 17.0 Å². The smallest absolute Gasteiger partial charge is 0.255 e. The third-order valence-corrected chi connectivity index (χ3v) is 5.76. The third kappa shape index (κ3) is 4.75. The van der Waals surface area contributed by atoms with Gasteiger partial charge in [0.15, 0.2) is 0 Å². The van der Waals surface area contributed by atoms with Crippen LogP contribution in [0.5, 0.6) is 0 Å². The molecule has 1 aliphatic rings. The number of pyridine rings is 1. The zero-order chi connectivity index (χ0) is 22.5. The lowest BCUT2D eigenvalue weighted by molar-refractivity contribution is 0.348. The van der Waals surface area contributed by atoms with Gasteiger partial charge in [-0.15, -0.1) is 0 Å².